The van der Waals surface area contributed by atoms with Crippen molar-refractivity contribution in [2.75, 3.05) is 13.7 Å². The van der Waals surface area contributed by atoms with Crippen molar-refractivity contribution >= 4 is 40.6 Å². The highest BCUT2D eigenvalue weighted by Gasteiger charge is 2.51. The van der Waals surface area contributed by atoms with Gasteiger partial charge in [-0.25, -0.2) is 9.98 Å². The van der Waals surface area contributed by atoms with Crippen molar-refractivity contribution in [2.45, 2.75) is 140 Å². The number of ketones is 1. The fourth-order valence-electron chi connectivity index (χ4n) is 10.1. The van der Waals surface area contributed by atoms with Gasteiger partial charge in [0.05, 0.1) is 47.0 Å². The second-order valence-electron chi connectivity index (χ2n) is 19.5. The standard InChI is InChI=1S/C55H72N4O5/c1-13-39-35(8)42-28-44-37(10)41(24-25-48(60)64-27-26-34(7)23-17-22-33(6)21-16-20-32(5)19-15-18-31(3)4)52(58-44)50-51(55(62)63-12)54(61)49-38(11)45(59-53(49)50)30-47-40(14-2)36(9)43(57-47)29-46(39)56-42/h13-14,26,28-33,36-37,41,51H,1,15-25,27H2,2-12H3/t32-,33-,36-,37+,41+,51-/m1/s1. The molecule has 0 unspecified atom stereocenters. The smallest absolute Gasteiger partial charge is 0.321 e. The van der Waals surface area contributed by atoms with Gasteiger partial charge < -0.3 is 9.47 Å². The summed E-state index contributed by atoms with van der Waals surface area (Å²) in [6, 6.07) is 0. The molecule has 8 bridgehead atoms. The molecule has 9 nitrogen and oxygen atoms in total. The first-order valence-electron chi connectivity index (χ1n) is 24.0. The Balaban J connectivity index is 1.19. The molecule has 0 radical (unpaired) electrons. The Morgan fingerprint density at radius 2 is 1.52 bits per heavy atom. The molecule has 0 N–H and O–H groups in total. The lowest BCUT2D eigenvalue weighted by Crippen LogP contribution is -2.30. The molecule has 0 amide bonds. The van der Waals surface area contributed by atoms with Crippen molar-refractivity contribution in [3.05, 3.63) is 105 Å². The highest BCUT2D eigenvalue weighted by Crippen LogP contribution is 2.48. The minimum atomic E-state index is -1.22. The van der Waals surface area contributed by atoms with Crippen LogP contribution in [0.15, 0.2) is 125 Å². The lowest BCUT2D eigenvalue weighted by Gasteiger charge is -2.21. The molecule has 64 heavy (non-hydrogen) atoms. The molecule has 0 aromatic rings. The van der Waals surface area contributed by atoms with Crippen LogP contribution < -0.4 is 0 Å². The number of hydrogen-bond donors (Lipinski definition) is 0. The second-order valence-corrected chi connectivity index (χ2v) is 19.5. The quantitative estimate of drug-likeness (QED) is 0.0727. The van der Waals surface area contributed by atoms with E-state index in [4.69, 9.17) is 29.4 Å². The van der Waals surface area contributed by atoms with E-state index in [0.29, 0.717) is 46.2 Å². The van der Waals surface area contributed by atoms with E-state index in [1.54, 1.807) is 0 Å². The molecule has 0 spiro atoms. The lowest BCUT2D eigenvalue weighted by molar-refractivity contribution is -0.146. The monoisotopic (exact) mass is 869 g/mol. The maximum Gasteiger partial charge on any atom is 0.321 e. The maximum atomic E-state index is 14.4. The number of nitrogens with zero attached hydrogens (tertiary/aromatic N) is 4. The van der Waals surface area contributed by atoms with Crippen LogP contribution in [0.25, 0.3) is 0 Å². The van der Waals surface area contributed by atoms with Crippen LogP contribution in [0.3, 0.4) is 0 Å². The third-order valence-electron chi connectivity index (χ3n) is 14.3. The summed E-state index contributed by atoms with van der Waals surface area (Å²) in [6.07, 6.45) is 23.7. The van der Waals surface area contributed by atoms with Gasteiger partial charge in [-0.1, -0.05) is 111 Å². The van der Waals surface area contributed by atoms with Crippen LogP contribution in [0.4, 0.5) is 0 Å². The SMILES string of the molecule is C=CC1=C(C)C2=NC1=CC1=NC(=CC3=NC4=C(C5=NC(=C2)[C@@H](C)[C@@H]5CCC(=O)OCC=C(C)CCC[C@H](C)CCC[C@H](C)CCCC(C)C)[C@@H](C(=O)OC)C(=O)C4=C3C)C(=CC)[C@H]1C. The van der Waals surface area contributed by atoms with E-state index in [-0.39, 0.29) is 42.5 Å². The Bertz CT molecular complexity index is 2310. The highest BCUT2D eigenvalue weighted by atomic mass is 16.5. The molecule has 0 aromatic carbocycles. The fraction of sp³-hybridized carbons (Fsp3) is 0.545. The first kappa shape index (κ1) is 48.4. The number of aliphatic imine (C=N–C) groups is 4. The molecule has 0 saturated heterocycles. The Kier molecular flexibility index (Phi) is 16.1. The van der Waals surface area contributed by atoms with Gasteiger partial charge in [-0.15, -0.1) is 0 Å². The van der Waals surface area contributed by atoms with Crippen LogP contribution >= 0.6 is 0 Å². The maximum absolute atomic E-state index is 14.4. The van der Waals surface area contributed by atoms with Gasteiger partial charge in [0.2, 0.25) is 0 Å². The Labute approximate surface area is 382 Å². The summed E-state index contributed by atoms with van der Waals surface area (Å²) in [4.78, 5) is 61.8. The normalized spacial score (nSPS) is 24.5. The van der Waals surface area contributed by atoms with E-state index in [0.717, 1.165) is 69.9 Å². The number of hydrogen-bond acceptors (Lipinski definition) is 9. The lowest BCUT2D eigenvalue weighted by atomic mass is 9.81. The third kappa shape index (κ3) is 10.6. The molecule has 5 aliphatic heterocycles. The van der Waals surface area contributed by atoms with Gasteiger partial charge in [0.1, 0.15) is 12.5 Å². The molecular formula is C55H72N4O5. The Morgan fingerprint density at radius 1 is 0.844 bits per heavy atom. The van der Waals surface area contributed by atoms with Gasteiger partial charge in [-0.05, 0) is 106 Å². The average Bonchev–Trinajstić information content (AvgIpc) is 3.99. The molecule has 1 aliphatic carbocycles. The van der Waals surface area contributed by atoms with Crippen molar-refractivity contribution in [2.24, 2.45) is 61.4 Å². The van der Waals surface area contributed by atoms with Crippen LogP contribution in [-0.4, -0.2) is 54.3 Å². The topological polar surface area (TPSA) is 119 Å². The molecule has 6 aliphatic rings. The zero-order valence-electron chi connectivity index (χ0n) is 40.5. The number of rotatable bonds is 19. The first-order chi connectivity index (χ1) is 30.6. The highest BCUT2D eigenvalue weighted by molar-refractivity contribution is 6.31. The number of fused-ring (bicyclic) bond motifs is 4. The van der Waals surface area contributed by atoms with Crippen LogP contribution in [-0.2, 0) is 23.9 Å². The zero-order valence-corrected chi connectivity index (χ0v) is 40.5. The summed E-state index contributed by atoms with van der Waals surface area (Å²) in [7, 11) is 1.29. The molecule has 0 aromatic heterocycles. The molecule has 9 heteroatoms. The predicted molar refractivity (Wildman–Crippen MR) is 261 cm³/mol. The van der Waals surface area contributed by atoms with Crippen molar-refractivity contribution in [1.82, 2.24) is 0 Å². The Hall–Kier alpha value is -5.05. The van der Waals surface area contributed by atoms with Crippen molar-refractivity contribution in [3.63, 3.8) is 0 Å². The fourth-order valence-corrected chi connectivity index (χ4v) is 10.1. The molecule has 342 valence electrons. The Morgan fingerprint density at radius 3 is 2.17 bits per heavy atom. The molecule has 5 heterocycles. The van der Waals surface area contributed by atoms with Crippen LogP contribution in [0, 0.1) is 41.4 Å². The van der Waals surface area contributed by atoms with Gasteiger partial charge in [-0.2, -0.15) is 0 Å². The molecule has 6 rings (SSSR count). The zero-order chi connectivity index (χ0) is 46.4. The number of carbonyl (C=O) groups is 3. The minimum Gasteiger partial charge on any atom is -0.468 e. The number of allylic oxidation sites excluding steroid dienone is 11. The van der Waals surface area contributed by atoms with Gasteiger partial charge in [0.15, 0.2) is 5.78 Å². The van der Waals surface area contributed by atoms with E-state index >= 15 is 0 Å². The van der Waals surface area contributed by atoms with Crippen LogP contribution in [0.2, 0.25) is 0 Å². The number of carbonyl (C=O) groups excluding carboxylic acids is 3. The average molecular weight is 869 g/mol. The summed E-state index contributed by atoms with van der Waals surface area (Å²) in [5, 5.41) is 0. The van der Waals surface area contributed by atoms with Gasteiger partial charge in [-0.3, -0.25) is 24.4 Å². The van der Waals surface area contributed by atoms with E-state index in [2.05, 4.69) is 61.1 Å². The van der Waals surface area contributed by atoms with Crippen molar-refractivity contribution < 1.29 is 23.9 Å². The summed E-state index contributed by atoms with van der Waals surface area (Å²) in [5.74, 6) is -0.717. The first-order valence-corrected chi connectivity index (χ1v) is 24.0. The molecule has 0 fully saturated rings. The van der Waals surface area contributed by atoms with Crippen molar-refractivity contribution in [3.8, 4) is 0 Å². The van der Waals surface area contributed by atoms with E-state index in [1.807, 2.05) is 51.2 Å². The van der Waals surface area contributed by atoms with Crippen LogP contribution in [0.1, 0.15) is 140 Å². The summed E-state index contributed by atoms with van der Waals surface area (Å²) in [6.45, 7) is 26.0. The third-order valence-corrected chi connectivity index (χ3v) is 14.3. The van der Waals surface area contributed by atoms with E-state index in [1.165, 1.54) is 57.6 Å². The van der Waals surface area contributed by atoms with E-state index in [9.17, 15) is 14.4 Å². The minimum absolute atomic E-state index is 0.00356. The van der Waals surface area contributed by atoms with Gasteiger partial charge in [0.25, 0.3) is 0 Å². The van der Waals surface area contributed by atoms with Gasteiger partial charge >= 0.3 is 11.9 Å². The van der Waals surface area contributed by atoms with E-state index < -0.39 is 11.9 Å². The molecular weight excluding hydrogens is 797 g/mol. The number of ether oxygens (including phenoxy) is 2. The number of esters is 2. The molecule has 6 atom stereocenters. The largest absolute Gasteiger partial charge is 0.468 e. The summed E-state index contributed by atoms with van der Waals surface area (Å²) >= 11 is 0. The molecule has 0 saturated carbocycles. The predicted octanol–water partition coefficient (Wildman–Crippen LogP) is 12.5. The van der Waals surface area contributed by atoms with Crippen LogP contribution in [0.5, 0.6) is 0 Å². The summed E-state index contributed by atoms with van der Waals surface area (Å²) in [5.41, 5.74) is 11.2. The summed E-state index contributed by atoms with van der Waals surface area (Å²) < 4.78 is 11.0. The van der Waals surface area contributed by atoms with Gasteiger partial charge in [0, 0.05) is 46.6 Å². The number of methoxy groups -OCH3 is 1. The number of Topliss-reactive ketones (excluding diaryl/α,β-unsaturated/α-hetero) is 1. The second kappa shape index (κ2) is 21.3. The van der Waals surface area contributed by atoms with Crippen molar-refractivity contribution in [1.29, 1.82) is 0 Å².